The van der Waals surface area contributed by atoms with E-state index in [1.807, 2.05) is 0 Å². The second-order valence-electron chi connectivity index (χ2n) is 5.13. The number of nitrogens with one attached hydrogen (secondary N) is 1. The first-order chi connectivity index (χ1) is 9.85. The summed E-state index contributed by atoms with van der Waals surface area (Å²) in [6, 6.07) is 0. The molecule has 2 rings (SSSR count). The van der Waals surface area contributed by atoms with Gasteiger partial charge in [0, 0.05) is 0 Å². The summed E-state index contributed by atoms with van der Waals surface area (Å²) < 4.78 is 37.3. The van der Waals surface area contributed by atoms with E-state index in [1.54, 1.807) is 6.92 Å². The van der Waals surface area contributed by atoms with E-state index < -0.39 is 46.8 Å². The lowest BCUT2D eigenvalue weighted by atomic mass is 9.85. The third-order valence-electron chi connectivity index (χ3n) is 3.67. The Bertz CT molecular complexity index is 524. The molecule has 2 fully saturated rings. The summed E-state index contributed by atoms with van der Waals surface area (Å²) in [6.07, 6.45) is 0.258. The monoisotopic (exact) mass is 319 g/mol. The fourth-order valence-electron chi connectivity index (χ4n) is 2.70. The maximum atomic E-state index is 11.7. The van der Waals surface area contributed by atoms with E-state index in [-0.39, 0.29) is 6.54 Å². The molecule has 8 nitrogen and oxygen atoms in total. The van der Waals surface area contributed by atoms with E-state index in [9.17, 15) is 18.0 Å². The highest BCUT2D eigenvalue weighted by atomic mass is 32.2. The summed E-state index contributed by atoms with van der Waals surface area (Å²) >= 11 is 0. The van der Waals surface area contributed by atoms with E-state index in [0.29, 0.717) is 12.8 Å². The Morgan fingerprint density at radius 2 is 2.24 bits per heavy atom. The van der Waals surface area contributed by atoms with Crippen LogP contribution in [0.1, 0.15) is 19.8 Å². The van der Waals surface area contributed by atoms with Crippen LogP contribution in [0.5, 0.6) is 0 Å². The van der Waals surface area contributed by atoms with Gasteiger partial charge in [0.25, 0.3) is 11.0 Å². The van der Waals surface area contributed by atoms with E-state index in [4.69, 9.17) is 13.7 Å². The molecule has 4 unspecified atom stereocenters. The number of hydrogen-bond donors (Lipinski definition) is 2. The number of fused-ring (bicyclic) bond motifs is 2. The number of ether oxygens (including phenoxy) is 2. The van der Waals surface area contributed by atoms with Crippen LogP contribution >= 0.6 is 0 Å². The van der Waals surface area contributed by atoms with Gasteiger partial charge >= 0.3 is 5.97 Å². The molecule has 0 aliphatic carbocycles. The van der Waals surface area contributed by atoms with Crippen LogP contribution in [0.4, 0.5) is 0 Å². The SMILES string of the molecule is C=CC(=O)NCC(=O)OC1C2CCC(C)(O2)C1O[SH](=O)=O. The van der Waals surface area contributed by atoms with Crippen molar-refractivity contribution in [3.63, 3.8) is 0 Å². The highest BCUT2D eigenvalue weighted by Gasteiger charge is 2.60. The van der Waals surface area contributed by atoms with Crippen molar-refractivity contribution < 1.29 is 31.7 Å². The first-order valence-corrected chi connectivity index (χ1v) is 7.54. The fraction of sp³-hybridized carbons (Fsp3) is 0.667. The molecule has 118 valence electrons. The van der Waals surface area contributed by atoms with Gasteiger partial charge in [0.05, 0.1) is 11.7 Å². The minimum absolute atomic E-state index is 0.332. The van der Waals surface area contributed by atoms with Crippen molar-refractivity contribution in [2.24, 2.45) is 0 Å². The molecule has 9 heteroatoms. The van der Waals surface area contributed by atoms with Crippen LogP contribution in [0.15, 0.2) is 12.7 Å². The molecule has 0 aromatic rings. The molecule has 1 N–H and O–H groups in total. The average Bonchev–Trinajstić information content (AvgIpc) is 2.92. The number of carbonyl (C=O) groups excluding carboxylic acids is 2. The van der Waals surface area contributed by atoms with Gasteiger partial charge in [-0.05, 0) is 25.8 Å². The summed E-state index contributed by atoms with van der Waals surface area (Å²) in [5.74, 6) is -1.19. The Hall–Kier alpha value is -1.45. The molecule has 2 aliphatic heterocycles. The zero-order valence-corrected chi connectivity index (χ0v) is 12.3. The number of esters is 1. The average molecular weight is 319 g/mol. The molecule has 1 amide bonds. The van der Waals surface area contributed by atoms with Crippen LogP contribution < -0.4 is 5.32 Å². The lowest BCUT2D eigenvalue weighted by Crippen LogP contribution is -2.48. The zero-order valence-electron chi connectivity index (χ0n) is 11.4. The van der Waals surface area contributed by atoms with Gasteiger partial charge in [-0.25, -0.2) is 8.42 Å². The van der Waals surface area contributed by atoms with Crippen LogP contribution in [0.3, 0.4) is 0 Å². The number of rotatable bonds is 6. The molecule has 2 saturated heterocycles. The summed E-state index contributed by atoms with van der Waals surface area (Å²) in [5.41, 5.74) is -0.782. The van der Waals surface area contributed by atoms with Crippen molar-refractivity contribution in [2.75, 3.05) is 6.54 Å². The van der Waals surface area contributed by atoms with Crippen molar-refractivity contribution in [1.82, 2.24) is 5.32 Å². The fourth-order valence-corrected chi connectivity index (χ4v) is 3.23. The van der Waals surface area contributed by atoms with Gasteiger partial charge in [-0.1, -0.05) is 6.58 Å². The summed E-state index contributed by atoms with van der Waals surface area (Å²) in [4.78, 5) is 22.7. The van der Waals surface area contributed by atoms with Crippen molar-refractivity contribution in [1.29, 1.82) is 0 Å². The first-order valence-electron chi connectivity index (χ1n) is 6.44. The minimum atomic E-state index is -3.08. The number of hydrogen-bond acceptors (Lipinski definition) is 7. The van der Waals surface area contributed by atoms with Crippen LogP contribution in [0.25, 0.3) is 0 Å². The third-order valence-corrected chi connectivity index (χ3v) is 4.07. The normalized spacial score (nSPS) is 33.9. The predicted octanol–water partition coefficient (Wildman–Crippen LogP) is -0.937. The maximum Gasteiger partial charge on any atom is 0.325 e. The van der Waals surface area contributed by atoms with Gasteiger partial charge < -0.3 is 14.8 Å². The van der Waals surface area contributed by atoms with Crippen molar-refractivity contribution in [3.05, 3.63) is 12.7 Å². The molecule has 0 radical (unpaired) electrons. The van der Waals surface area contributed by atoms with Crippen LogP contribution in [-0.4, -0.2) is 50.8 Å². The van der Waals surface area contributed by atoms with E-state index in [1.165, 1.54) is 0 Å². The van der Waals surface area contributed by atoms with Crippen LogP contribution in [0.2, 0.25) is 0 Å². The highest BCUT2D eigenvalue weighted by Crippen LogP contribution is 2.46. The van der Waals surface area contributed by atoms with Crippen LogP contribution in [0, 0.1) is 0 Å². The van der Waals surface area contributed by atoms with E-state index in [0.717, 1.165) is 6.08 Å². The van der Waals surface area contributed by atoms with Gasteiger partial charge in [0.15, 0.2) is 6.10 Å². The van der Waals surface area contributed by atoms with Crippen LogP contribution in [-0.2, 0) is 34.2 Å². The smallest absolute Gasteiger partial charge is 0.325 e. The Morgan fingerprint density at radius 1 is 1.52 bits per heavy atom. The minimum Gasteiger partial charge on any atom is -0.455 e. The Kier molecular flexibility index (Phi) is 4.64. The number of amides is 1. The van der Waals surface area contributed by atoms with Crippen molar-refractivity contribution >= 4 is 22.9 Å². The maximum absolute atomic E-state index is 11.7. The Labute approximate surface area is 123 Å². The van der Waals surface area contributed by atoms with E-state index in [2.05, 4.69) is 11.9 Å². The van der Waals surface area contributed by atoms with Gasteiger partial charge in [-0.2, -0.15) is 0 Å². The van der Waals surface area contributed by atoms with Gasteiger partial charge in [-0.3, -0.25) is 13.8 Å². The molecule has 2 bridgehead atoms. The van der Waals surface area contributed by atoms with Gasteiger partial charge in [0.2, 0.25) is 5.91 Å². The molecule has 0 aromatic heterocycles. The zero-order chi connectivity index (χ0) is 15.6. The molecule has 0 spiro atoms. The summed E-state index contributed by atoms with van der Waals surface area (Å²) in [5, 5.41) is 2.28. The first kappa shape index (κ1) is 15.9. The van der Waals surface area contributed by atoms with Gasteiger partial charge in [0.1, 0.15) is 12.6 Å². The molecule has 2 heterocycles. The summed E-state index contributed by atoms with van der Waals surface area (Å²) in [6.45, 7) is 4.65. The quantitative estimate of drug-likeness (QED) is 0.370. The van der Waals surface area contributed by atoms with Gasteiger partial charge in [-0.15, -0.1) is 0 Å². The largest absolute Gasteiger partial charge is 0.455 e. The Balaban J connectivity index is 1.99. The van der Waals surface area contributed by atoms with Crippen molar-refractivity contribution in [2.45, 2.75) is 43.7 Å². The number of thiol groups is 1. The molecule has 0 saturated carbocycles. The second kappa shape index (κ2) is 6.12. The lowest BCUT2D eigenvalue weighted by Gasteiger charge is -2.30. The second-order valence-corrected chi connectivity index (χ2v) is 5.79. The third kappa shape index (κ3) is 3.42. The molecule has 0 aromatic carbocycles. The van der Waals surface area contributed by atoms with Crippen molar-refractivity contribution in [3.8, 4) is 0 Å². The predicted molar refractivity (Wildman–Crippen MR) is 70.8 cm³/mol. The molecule has 21 heavy (non-hydrogen) atoms. The lowest BCUT2D eigenvalue weighted by molar-refractivity contribution is -0.155. The standard InChI is InChI=1S/C12H17NO7S/c1-3-8(14)13-6-9(15)18-10-7-4-5-12(2,19-7)11(10)20-21(16)17/h3,7,10-11,21H,1,4-6H2,2H3,(H,13,14). The topological polar surface area (TPSA) is 108 Å². The molecular weight excluding hydrogens is 302 g/mol. The highest BCUT2D eigenvalue weighted by molar-refractivity contribution is 7.67. The molecule has 2 aliphatic rings. The van der Waals surface area contributed by atoms with E-state index >= 15 is 0 Å². The molecule has 4 atom stereocenters. The number of carbonyl (C=O) groups is 2. The summed E-state index contributed by atoms with van der Waals surface area (Å²) in [7, 11) is -3.08. The Morgan fingerprint density at radius 3 is 2.86 bits per heavy atom. The molecular formula is C12H17NO7S.